The van der Waals surface area contributed by atoms with E-state index in [1.165, 1.54) is 0 Å². The Labute approximate surface area is 99.9 Å². The molecule has 0 saturated carbocycles. The number of hydrogen-bond donors (Lipinski definition) is 3. The van der Waals surface area contributed by atoms with E-state index in [2.05, 4.69) is 0 Å². The average molecular weight is 252 g/mol. The molecule has 5 heteroatoms. The van der Waals surface area contributed by atoms with Crippen LogP contribution < -0.4 is 0 Å². The zero-order valence-electron chi connectivity index (χ0n) is 8.91. The molecule has 3 N–H and O–H groups in total. The average Bonchev–Trinajstić information content (AvgIpc) is 2.26. The molecule has 0 atom stereocenters. The van der Waals surface area contributed by atoms with Crippen molar-refractivity contribution in [3.05, 3.63) is 42.5 Å². The molecule has 0 heterocycles. The first-order valence-electron chi connectivity index (χ1n) is 4.96. The molecule has 0 amide bonds. The van der Waals surface area contributed by atoms with Gasteiger partial charge in [-0.2, -0.15) is 10.6 Å². The highest BCUT2D eigenvalue weighted by Gasteiger charge is 2.21. The standard InChI is InChI=1S/C12H12O4S/c13-12(14)8-17(15,16)11-7-3-5-9-4-1-2-6-10(9)11/h1-7,15-16H,8H2,(H,13,14). The lowest BCUT2D eigenvalue weighted by Crippen LogP contribution is -2.12. The minimum atomic E-state index is -3.29. The number of carboxylic acid groups (broad SMARTS) is 1. The maximum Gasteiger partial charge on any atom is 0.323 e. The second kappa shape index (κ2) is 4.37. The van der Waals surface area contributed by atoms with Crippen LogP contribution in [0, 0.1) is 0 Å². The second-order valence-corrected chi connectivity index (χ2v) is 5.74. The van der Waals surface area contributed by atoms with Crippen LogP contribution >= 0.6 is 10.6 Å². The molecule has 2 rings (SSSR count). The van der Waals surface area contributed by atoms with E-state index in [-0.39, 0.29) is 4.90 Å². The summed E-state index contributed by atoms with van der Waals surface area (Å²) in [6, 6.07) is 12.3. The molecule has 4 nitrogen and oxygen atoms in total. The Morgan fingerprint density at radius 3 is 2.41 bits per heavy atom. The van der Waals surface area contributed by atoms with Crippen LogP contribution in [0.4, 0.5) is 0 Å². The van der Waals surface area contributed by atoms with Crippen LogP contribution in [0.1, 0.15) is 0 Å². The Morgan fingerprint density at radius 2 is 1.71 bits per heavy atom. The van der Waals surface area contributed by atoms with Gasteiger partial charge in [-0.1, -0.05) is 36.4 Å². The van der Waals surface area contributed by atoms with Gasteiger partial charge in [0.25, 0.3) is 0 Å². The Morgan fingerprint density at radius 1 is 1.06 bits per heavy atom. The van der Waals surface area contributed by atoms with Crippen molar-refractivity contribution in [3.8, 4) is 0 Å². The van der Waals surface area contributed by atoms with E-state index in [0.29, 0.717) is 5.39 Å². The van der Waals surface area contributed by atoms with E-state index in [4.69, 9.17) is 5.11 Å². The summed E-state index contributed by atoms with van der Waals surface area (Å²) in [5.41, 5.74) is 0. The summed E-state index contributed by atoms with van der Waals surface area (Å²) < 4.78 is 19.8. The third-order valence-corrected chi connectivity index (χ3v) is 4.14. The zero-order chi connectivity index (χ0) is 12.5. The molecule has 0 bridgehead atoms. The van der Waals surface area contributed by atoms with Crippen LogP contribution in [0.3, 0.4) is 0 Å². The normalized spacial score (nSPS) is 12.6. The first-order valence-corrected chi connectivity index (χ1v) is 6.68. The fourth-order valence-corrected chi connectivity index (χ4v) is 3.07. The van der Waals surface area contributed by atoms with Gasteiger partial charge in [0.2, 0.25) is 0 Å². The maximum absolute atomic E-state index is 10.6. The number of carboxylic acids is 1. The van der Waals surface area contributed by atoms with Crippen LogP contribution in [0.5, 0.6) is 0 Å². The number of fused-ring (bicyclic) bond motifs is 1. The lowest BCUT2D eigenvalue weighted by Gasteiger charge is -2.31. The molecule has 0 aliphatic rings. The van der Waals surface area contributed by atoms with Crippen molar-refractivity contribution in [2.24, 2.45) is 0 Å². The first kappa shape index (κ1) is 11.9. The highest BCUT2D eigenvalue weighted by molar-refractivity contribution is 8.25. The lowest BCUT2D eigenvalue weighted by molar-refractivity contribution is -0.134. The number of benzene rings is 2. The van der Waals surface area contributed by atoms with Gasteiger partial charge >= 0.3 is 5.97 Å². The summed E-state index contributed by atoms with van der Waals surface area (Å²) in [4.78, 5) is 10.9. The summed E-state index contributed by atoms with van der Waals surface area (Å²) >= 11 is 0. The molecular weight excluding hydrogens is 240 g/mol. The van der Waals surface area contributed by atoms with Gasteiger partial charge in [-0.3, -0.25) is 13.9 Å². The second-order valence-electron chi connectivity index (χ2n) is 3.68. The molecule has 2 aromatic carbocycles. The topological polar surface area (TPSA) is 77.8 Å². The number of hydrogen-bond acceptors (Lipinski definition) is 3. The van der Waals surface area contributed by atoms with E-state index in [9.17, 15) is 13.9 Å². The minimum absolute atomic E-state index is 0.290. The number of aliphatic carboxylic acids is 1. The molecule has 0 radical (unpaired) electrons. The summed E-state index contributed by atoms with van der Waals surface area (Å²) in [5, 5.41) is 10.2. The quantitative estimate of drug-likeness (QED) is 0.784. The summed E-state index contributed by atoms with van der Waals surface area (Å²) in [6.07, 6.45) is 0. The molecule has 90 valence electrons. The monoisotopic (exact) mass is 252 g/mol. The molecule has 0 spiro atoms. The van der Waals surface area contributed by atoms with E-state index in [1.54, 1.807) is 24.3 Å². The smallest absolute Gasteiger partial charge is 0.323 e. The Bertz CT molecular complexity index is 560. The van der Waals surface area contributed by atoms with Gasteiger partial charge in [0.1, 0.15) is 5.75 Å². The Kier molecular flexibility index (Phi) is 3.06. The van der Waals surface area contributed by atoms with Gasteiger partial charge in [0.15, 0.2) is 0 Å². The molecule has 0 aliphatic carbocycles. The van der Waals surface area contributed by atoms with Crippen molar-refractivity contribution >= 4 is 27.3 Å². The minimum Gasteiger partial charge on any atom is -0.480 e. The molecule has 0 aromatic heterocycles. The number of carbonyl (C=O) groups is 1. The summed E-state index contributed by atoms with van der Waals surface area (Å²) in [7, 11) is -3.29. The SMILES string of the molecule is O=C(O)CS(O)(O)c1cccc2ccccc12. The van der Waals surface area contributed by atoms with Gasteiger partial charge in [0.05, 0.1) is 4.90 Å². The summed E-state index contributed by atoms with van der Waals surface area (Å²) in [5.74, 6) is -1.89. The maximum atomic E-state index is 10.6. The van der Waals surface area contributed by atoms with E-state index >= 15 is 0 Å². The van der Waals surface area contributed by atoms with Crippen molar-refractivity contribution in [3.63, 3.8) is 0 Å². The van der Waals surface area contributed by atoms with Crippen LogP contribution in [-0.4, -0.2) is 25.9 Å². The summed E-state index contributed by atoms with van der Waals surface area (Å²) in [6.45, 7) is 0. The Hall–Kier alpha value is -1.56. The lowest BCUT2D eigenvalue weighted by atomic mass is 10.1. The van der Waals surface area contributed by atoms with Crippen molar-refractivity contribution in [1.29, 1.82) is 0 Å². The van der Waals surface area contributed by atoms with Gasteiger partial charge in [-0.25, -0.2) is 0 Å². The fraction of sp³-hybridized carbons (Fsp3) is 0.0833. The van der Waals surface area contributed by atoms with Crippen molar-refractivity contribution in [2.45, 2.75) is 4.90 Å². The van der Waals surface area contributed by atoms with Crippen LogP contribution in [-0.2, 0) is 4.79 Å². The molecule has 0 aliphatic heterocycles. The zero-order valence-corrected chi connectivity index (χ0v) is 9.72. The van der Waals surface area contributed by atoms with E-state index in [1.807, 2.05) is 18.2 Å². The molecule has 0 saturated heterocycles. The Balaban J connectivity index is 2.58. The largest absolute Gasteiger partial charge is 0.480 e. The highest BCUT2D eigenvalue weighted by atomic mass is 32.3. The molecule has 2 aromatic rings. The van der Waals surface area contributed by atoms with Gasteiger partial charge < -0.3 is 5.11 Å². The highest BCUT2D eigenvalue weighted by Crippen LogP contribution is 2.50. The predicted octanol–water partition coefficient (Wildman–Crippen LogP) is 3.03. The number of rotatable bonds is 3. The van der Waals surface area contributed by atoms with Crippen molar-refractivity contribution in [2.75, 3.05) is 5.75 Å². The van der Waals surface area contributed by atoms with Crippen molar-refractivity contribution < 1.29 is 19.0 Å². The van der Waals surface area contributed by atoms with Gasteiger partial charge in [0, 0.05) is 5.39 Å². The van der Waals surface area contributed by atoms with E-state index in [0.717, 1.165) is 5.39 Å². The van der Waals surface area contributed by atoms with Crippen LogP contribution in [0.2, 0.25) is 0 Å². The molecular formula is C12H12O4S. The predicted molar refractivity (Wildman–Crippen MR) is 67.6 cm³/mol. The molecule has 0 fully saturated rings. The third-order valence-electron chi connectivity index (χ3n) is 2.43. The van der Waals surface area contributed by atoms with Crippen molar-refractivity contribution in [1.82, 2.24) is 0 Å². The fourth-order valence-electron chi connectivity index (χ4n) is 1.73. The van der Waals surface area contributed by atoms with Crippen LogP contribution in [0.15, 0.2) is 47.4 Å². The molecule has 0 unspecified atom stereocenters. The molecule has 17 heavy (non-hydrogen) atoms. The first-order chi connectivity index (χ1) is 8.00. The van der Waals surface area contributed by atoms with Gasteiger partial charge in [-0.15, -0.1) is 0 Å². The van der Waals surface area contributed by atoms with E-state index < -0.39 is 22.3 Å². The van der Waals surface area contributed by atoms with Gasteiger partial charge in [-0.05, 0) is 11.5 Å². The third kappa shape index (κ3) is 2.41. The van der Waals surface area contributed by atoms with Crippen LogP contribution in [0.25, 0.3) is 10.8 Å².